The molecule has 1 aliphatic carbocycles. The maximum absolute atomic E-state index is 13.2. The maximum Gasteiger partial charge on any atom is 0.137 e. The number of rotatable bonds is 5. The van der Waals surface area contributed by atoms with Gasteiger partial charge in [0.05, 0.1) is 10.1 Å². The van der Waals surface area contributed by atoms with Crippen molar-refractivity contribution in [1.29, 1.82) is 0 Å². The van der Waals surface area contributed by atoms with Gasteiger partial charge in [-0.3, -0.25) is 0 Å². The molecule has 100 valence electrons. The van der Waals surface area contributed by atoms with E-state index in [-0.39, 0.29) is 17.5 Å². The van der Waals surface area contributed by atoms with Gasteiger partial charge in [0.25, 0.3) is 0 Å². The molecule has 1 aromatic rings. The first-order valence-electron chi connectivity index (χ1n) is 6.27. The first-order chi connectivity index (χ1) is 8.61. The van der Waals surface area contributed by atoms with Crippen molar-refractivity contribution in [2.75, 3.05) is 14.2 Å². The van der Waals surface area contributed by atoms with E-state index >= 15 is 0 Å². The average Bonchev–Trinajstić information content (AvgIpc) is 2.31. The smallest absolute Gasteiger partial charge is 0.137 e. The number of ether oxygens (including phenoxy) is 1. The van der Waals surface area contributed by atoms with E-state index in [2.05, 4.69) is 21.2 Å². The van der Waals surface area contributed by atoms with Gasteiger partial charge in [-0.1, -0.05) is 6.07 Å². The van der Waals surface area contributed by atoms with Crippen LogP contribution >= 0.6 is 15.9 Å². The molecule has 1 N–H and O–H groups in total. The molecule has 1 unspecified atom stereocenters. The highest BCUT2D eigenvalue weighted by atomic mass is 79.9. The highest BCUT2D eigenvalue weighted by molar-refractivity contribution is 9.10. The molecule has 2 nitrogen and oxygen atoms in total. The first-order valence-corrected chi connectivity index (χ1v) is 7.07. The van der Waals surface area contributed by atoms with Gasteiger partial charge in [0.15, 0.2) is 0 Å². The second-order valence-electron chi connectivity index (χ2n) is 4.92. The third-order valence-corrected chi connectivity index (χ3v) is 4.62. The molecule has 0 spiro atoms. The number of nitrogens with one attached hydrogen (secondary N) is 1. The molecule has 0 aliphatic heterocycles. The number of likely N-dealkylation sites (N-methyl/N-ethyl adjacent to an activating group) is 1. The Bertz CT molecular complexity index is 415. The van der Waals surface area contributed by atoms with Gasteiger partial charge in [-0.25, -0.2) is 4.39 Å². The molecule has 1 aliphatic rings. The molecule has 0 amide bonds. The van der Waals surface area contributed by atoms with Gasteiger partial charge in [-0.05, 0) is 66.4 Å². The van der Waals surface area contributed by atoms with Crippen LogP contribution in [-0.2, 0) is 11.2 Å². The standard InChI is InChI=1S/C14H19BrFNO/c1-17-13(14(18-2)6-3-7-14)9-10-4-5-12(16)11(15)8-10/h4-5,8,13,17H,3,6-7,9H2,1-2H3. The van der Waals surface area contributed by atoms with Gasteiger partial charge in [0.2, 0.25) is 0 Å². The SMILES string of the molecule is CNC(Cc1ccc(F)c(Br)c1)C1(OC)CCC1. The minimum Gasteiger partial charge on any atom is -0.377 e. The molecule has 4 heteroatoms. The zero-order valence-corrected chi connectivity index (χ0v) is 12.4. The molecule has 18 heavy (non-hydrogen) atoms. The molecule has 0 bridgehead atoms. The monoisotopic (exact) mass is 315 g/mol. The lowest BCUT2D eigenvalue weighted by molar-refractivity contribution is -0.0966. The van der Waals surface area contributed by atoms with Crippen LogP contribution in [0.25, 0.3) is 0 Å². The summed E-state index contributed by atoms with van der Waals surface area (Å²) in [5.41, 5.74) is 1.07. The third kappa shape index (κ3) is 2.60. The summed E-state index contributed by atoms with van der Waals surface area (Å²) < 4.78 is 19.4. The normalized spacial score (nSPS) is 19.3. The molecule has 1 atom stereocenters. The Morgan fingerprint density at radius 2 is 2.22 bits per heavy atom. The summed E-state index contributed by atoms with van der Waals surface area (Å²) in [5, 5.41) is 3.34. The summed E-state index contributed by atoms with van der Waals surface area (Å²) >= 11 is 3.23. The van der Waals surface area contributed by atoms with E-state index in [1.165, 1.54) is 12.5 Å². The van der Waals surface area contributed by atoms with Gasteiger partial charge in [-0.15, -0.1) is 0 Å². The number of hydrogen-bond donors (Lipinski definition) is 1. The molecule has 0 aromatic heterocycles. The Hall–Kier alpha value is -0.450. The summed E-state index contributed by atoms with van der Waals surface area (Å²) in [6, 6.07) is 5.47. The second-order valence-corrected chi connectivity index (χ2v) is 5.77. The van der Waals surface area contributed by atoms with Crippen LogP contribution in [0.1, 0.15) is 24.8 Å². The van der Waals surface area contributed by atoms with Gasteiger partial charge in [0.1, 0.15) is 5.82 Å². The van der Waals surface area contributed by atoms with Gasteiger partial charge in [0, 0.05) is 13.2 Å². The summed E-state index contributed by atoms with van der Waals surface area (Å²) in [6.07, 6.45) is 4.26. The van der Waals surface area contributed by atoms with E-state index in [4.69, 9.17) is 4.74 Å². The predicted molar refractivity (Wildman–Crippen MR) is 74.2 cm³/mol. The number of halogens is 2. The number of hydrogen-bond acceptors (Lipinski definition) is 2. The van der Waals surface area contributed by atoms with E-state index in [9.17, 15) is 4.39 Å². The van der Waals surface area contributed by atoms with Crippen LogP contribution in [0.5, 0.6) is 0 Å². The summed E-state index contributed by atoms with van der Waals surface area (Å²) in [5.74, 6) is -0.218. The number of benzene rings is 1. The lowest BCUT2D eigenvalue weighted by Gasteiger charge is -2.46. The molecular formula is C14H19BrFNO. The van der Waals surface area contributed by atoms with Crippen LogP contribution < -0.4 is 5.32 Å². The zero-order valence-electron chi connectivity index (χ0n) is 10.8. The van der Waals surface area contributed by atoms with E-state index in [0.29, 0.717) is 4.47 Å². The van der Waals surface area contributed by atoms with Crippen LogP contribution in [0.3, 0.4) is 0 Å². The fourth-order valence-corrected chi connectivity index (χ4v) is 3.10. The zero-order chi connectivity index (χ0) is 13.2. The van der Waals surface area contributed by atoms with Gasteiger partial charge in [-0.2, -0.15) is 0 Å². The van der Waals surface area contributed by atoms with Crippen molar-refractivity contribution in [2.24, 2.45) is 0 Å². The molecule has 0 heterocycles. The Kier molecular flexibility index (Phi) is 4.41. The highest BCUT2D eigenvalue weighted by Crippen LogP contribution is 2.39. The topological polar surface area (TPSA) is 21.3 Å². The number of methoxy groups -OCH3 is 1. The van der Waals surface area contributed by atoms with Crippen LogP contribution in [0.2, 0.25) is 0 Å². The van der Waals surface area contributed by atoms with Crippen molar-refractivity contribution in [3.05, 3.63) is 34.1 Å². The Balaban J connectivity index is 2.12. The van der Waals surface area contributed by atoms with Crippen LogP contribution in [0.4, 0.5) is 4.39 Å². The van der Waals surface area contributed by atoms with Crippen LogP contribution in [-0.4, -0.2) is 25.8 Å². The largest absolute Gasteiger partial charge is 0.377 e. The van der Waals surface area contributed by atoms with E-state index < -0.39 is 0 Å². The predicted octanol–water partition coefficient (Wildman–Crippen LogP) is 3.29. The summed E-state index contributed by atoms with van der Waals surface area (Å²) in [7, 11) is 3.74. The van der Waals surface area contributed by atoms with Crippen molar-refractivity contribution < 1.29 is 9.13 Å². The van der Waals surface area contributed by atoms with Crippen molar-refractivity contribution >= 4 is 15.9 Å². The van der Waals surface area contributed by atoms with E-state index in [1.807, 2.05) is 19.2 Å². The van der Waals surface area contributed by atoms with Crippen molar-refractivity contribution in [3.8, 4) is 0 Å². The summed E-state index contributed by atoms with van der Waals surface area (Å²) in [6.45, 7) is 0. The average molecular weight is 316 g/mol. The van der Waals surface area contributed by atoms with Gasteiger partial charge < -0.3 is 10.1 Å². The van der Waals surface area contributed by atoms with E-state index in [0.717, 1.165) is 24.8 Å². The van der Waals surface area contributed by atoms with E-state index in [1.54, 1.807) is 7.11 Å². The minimum absolute atomic E-state index is 0.0460. The molecule has 0 radical (unpaired) electrons. The minimum atomic E-state index is -0.218. The quantitative estimate of drug-likeness (QED) is 0.900. The molecule has 0 saturated heterocycles. The van der Waals surface area contributed by atoms with Crippen LogP contribution in [0.15, 0.2) is 22.7 Å². The maximum atomic E-state index is 13.2. The highest BCUT2D eigenvalue weighted by Gasteiger charge is 2.43. The molecule has 1 fully saturated rings. The van der Waals surface area contributed by atoms with Gasteiger partial charge >= 0.3 is 0 Å². The second kappa shape index (κ2) is 5.68. The molecular weight excluding hydrogens is 297 g/mol. The Labute approximate surface area is 116 Å². The molecule has 2 rings (SSSR count). The Morgan fingerprint density at radius 1 is 1.50 bits per heavy atom. The fraction of sp³-hybridized carbons (Fsp3) is 0.571. The van der Waals surface area contributed by atoms with Crippen LogP contribution in [0, 0.1) is 5.82 Å². The first kappa shape index (κ1) is 14.0. The fourth-order valence-electron chi connectivity index (χ4n) is 2.67. The van der Waals surface area contributed by atoms with Crippen molar-refractivity contribution in [2.45, 2.75) is 37.3 Å². The molecule has 1 aromatic carbocycles. The lowest BCUT2D eigenvalue weighted by atomic mass is 9.72. The van der Waals surface area contributed by atoms with Crippen molar-refractivity contribution in [3.63, 3.8) is 0 Å². The van der Waals surface area contributed by atoms with Crippen molar-refractivity contribution in [1.82, 2.24) is 5.32 Å². The molecule has 1 saturated carbocycles. The third-order valence-electron chi connectivity index (χ3n) is 4.01. The Morgan fingerprint density at radius 3 is 2.67 bits per heavy atom. The summed E-state index contributed by atoms with van der Waals surface area (Å²) in [4.78, 5) is 0. The lowest BCUT2D eigenvalue weighted by Crippen LogP contribution is -2.56.